The van der Waals surface area contributed by atoms with Gasteiger partial charge >= 0.3 is 6.09 Å². The van der Waals surface area contributed by atoms with E-state index in [-0.39, 0.29) is 12.1 Å². The first-order chi connectivity index (χ1) is 16.2. The molecule has 0 radical (unpaired) electrons. The number of nitrogens with zero attached hydrogens (tertiary/aromatic N) is 3. The Hall–Kier alpha value is -3.37. The Morgan fingerprint density at radius 1 is 1.15 bits per heavy atom. The van der Waals surface area contributed by atoms with Crippen LogP contribution in [0.15, 0.2) is 36.7 Å². The Morgan fingerprint density at radius 2 is 1.85 bits per heavy atom. The molecule has 1 aliphatic rings. The van der Waals surface area contributed by atoms with Crippen molar-refractivity contribution < 1.29 is 19.0 Å². The molecule has 1 saturated heterocycles. The topological polar surface area (TPSA) is 65.8 Å². The minimum Gasteiger partial charge on any atom is -0.497 e. The number of methoxy groups -OCH3 is 2. The average Bonchev–Trinajstić information content (AvgIpc) is 3.42. The van der Waals surface area contributed by atoms with Crippen molar-refractivity contribution in [2.75, 3.05) is 27.3 Å². The fourth-order valence-corrected chi connectivity index (χ4v) is 4.30. The van der Waals surface area contributed by atoms with Gasteiger partial charge in [-0.3, -0.25) is 0 Å². The van der Waals surface area contributed by atoms with E-state index in [9.17, 15) is 4.79 Å². The Labute approximate surface area is 204 Å². The maximum Gasteiger partial charge on any atom is 0.410 e. The van der Waals surface area contributed by atoms with Gasteiger partial charge < -0.3 is 23.7 Å². The number of carbonyl (C=O) groups excluding carboxylic acids is 1. The zero-order valence-corrected chi connectivity index (χ0v) is 20.8. The monoisotopic (exact) mass is 481 g/mol. The highest BCUT2D eigenvalue weighted by molar-refractivity contribution is 6.34. The smallest absolute Gasteiger partial charge is 0.410 e. The lowest BCUT2D eigenvalue weighted by atomic mass is 10.1. The van der Waals surface area contributed by atoms with Crippen LogP contribution in [0.25, 0.3) is 10.9 Å². The summed E-state index contributed by atoms with van der Waals surface area (Å²) in [5, 5.41) is 1.19. The summed E-state index contributed by atoms with van der Waals surface area (Å²) in [7, 11) is 3.21. The lowest BCUT2D eigenvalue weighted by molar-refractivity contribution is 0.0289. The first-order valence-electron chi connectivity index (χ1n) is 11.1. The summed E-state index contributed by atoms with van der Waals surface area (Å²) in [5.74, 6) is 7.77. The molecule has 1 unspecified atom stereocenters. The van der Waals surface area contributed by atoms with Crippen LogP contribution in [0.5, 0.6) is 11.5 Å². The van der Waals surface area contributed by atoms with Crippen molar-refractivity contribution >= 4 is 28.6 Å². The van der Waals surface area contributed by atoms with E-state index in [1.807, 2.05) is 45.2 Å². The first-order valence-corrected chi connectivity index (χ1v) is 11.4. The van der Waals surface area contributed by atoms with E-state index < -0.39 is 5.60 Å². The van der Waals surface area contributed by atoms with Gasteiger partial charge in [0.2, 0.25) is 0 Å². The van der Waals surface area contributed by atoms with Crippen LogP contribution in [-0.4, -0.2) is 53.5 Å². The molecule has 1 aromatic carbocycles. The van der Waals surface area contributed by atoms with Gasteiger partial charge in [-0.15, -0.1) is 0 Å². The van der Waals surface area contributed by atoms with Gasteiger partial charge in [0.1, 0.15) is 22.3 Å². The number of halogens is 1. The molecule has 3 aromatic rings. The minimum atomic E-state index is -0.528. The summed E-state index contributed by atoms with van der Waals surface area (Å²) < 4.78 is 18.4. The number of aromatic nitrogens is 2. The van der Waals surface area contributed by atoms with E-state index in [1.165, 1.54) is 0 Å². The van der Waals surface area contributed by atoms with Gasteiger partial charge in [0.05, 0.1) is 36.7 Å². The van der Waals surface area contributed by atoms with Crippen LogP contribution in [-0.2, 0) is 4.74 Å². The molecule has 178 valence electrons. The summed E-state index contributed by atoms with van der Waals surface area (Å²) in [4.78, 5) is 18.6. The number of hydrogen-bond donors (Lipinski definition) is 0. The zero-order valence-electron chi connectivity index (χ0n) is 20.0. The van der Waals surface area contributed by atoms with Crippen molar-refractivity contribution in [1.29, 1.82) is 0 Å². The molecule has 1 aliphatic heterocycles. The fraction of sp³-hybridized carbons (Fsp3) is 0.385. The number of rotatable bonds is 3. The number of benzene rings is 1. The molecule has 1 fully saturated rings. The molecular weight excluding hydrogens is 454 g/mol. The molecule has 4 rings (SSSR count). The SMILES string of the molecule is COc1cc(C#Cc2cn(C3CCN(C(=O)OC(C)(C)C)C3)c3ccnc(Cl)c23)cc(OC)c1. The number of pyridine rings is 1. The first kappa shape index (κ1) is 23.8. The maximum absolute atomic E-state index is 12.5. The van der Waals surface area contributed by atoms with Crippen LogP contribution in [0, 0.1) is 11.8 Å². The van der Waals surface area contributed by atoms with Crippen molar-refractivity contribution in [2.24, 2.45) is 0 Å². The normalized spacial score (nSPS) is 15.7. The predicted molar refractivity (Wildman–Crippen MR) is 132 cm³/mol. The molecule has 2 aromatic heterocycles. The summed E-state index contributed by atoms with van der Waals surface area (Å²) in [5.41, 5.74) is 1.93. The van der Waals surface area contributed by atoms with Crippen LogP contribution in [0.2, 0.25) is 5.15 Å². The molecule has 3 heterocycles. The van der Waals surface area contributed by atoms with Gasteiger partial charge in [-0.05, 0) is 45.4 Å². The minimum absolute atomic E-state index is 0.0842. The molecule has 0 spiro atoms. The molecule has 0 aliphatic carbocycles. The molecule has 8 heteroatoms. The molecule has 7 nitrogen and oxygen atoms in total. The third kappa shape index (κ3) is 5.07. The van der Waals surface area contributed by atoms with Gasteiger partial charge in [0, 0.05) is 37.1 Å². The Kier molecular flexibility index (Phi) is 6.63. The quantitative estimate of drug-likeness (QED) is 0.375. The van der Waals surface area contributed by atoms with Crippen LogP contribution in [0.1, 0.15) is 44.4 Å². The number of carbonyl (C=O) groups is 1. The molecule has 1 atom stereocenters. The number of fused-ring (bicyclic) bond motifs is 1. The Bertz CT molecular complexity index is 1260. The summed E-state index contributed by atoms with van der Waals surface area (Å²) >= 11 is 6.49. The van der Waals surface area contributed by atoms with Crippen molar-refractivity contribution in [3.8, 4) is 23.3 Å². The number of likely N-dealkylation sites (tertiary alicyclic amines) is 1. The van der Waals surface area contributed by atoms with Crippen molar-refractivity contribution in [1.82, 2.24) is 14.5 Å². The van der Waals surface area contributed by atoms with E-state index in [4.69, 9.17) is 25.8 Å². The van der Waals surface area contributed by atoms with Gasteiger partial charge in [-0.1, -0.05) is 23.4 Å². The van der Waals surface area contributed by atoms with Gasteiger partial charge in [0.15, 0.2) is 0 Å². The number of ether oxygens (including phenoxy) is 3. The second-order valence-corrected chi connectivity index (χ2v) is 9.52. The van der Waals surface area contributed by atoms with Gasteiger partial charge in [0.25, 0.3) is 0 Å². The molecule has 34 heavy (non-hydrogen) atoms. The highest BCUT2D eigenvalue weighted by atomic mass is 35.5. The highest BCUT2D eigenvalue weighted by Gasteiger charge is 2.31. The molecule has 1 amide bonds. The predicted octanol–water partition coefficient (Wildman–Crippen LogP) is 5.29. The van der Waals surface area contributed by atoms with Crippen LogP contribution in [0.3, 0.4) is 0 Å². The van der Waals surface area contributed by atoms with E-state index >= 15 is 0 Å². The van der Waals surface area contributed by atoms with Crippen LogP contribution < -0.4 is 9.47 Å². The lowest BCUT2D eigenvalue weighted by Gasteiger charge is -2.24. The summed E-state index contributed by atoms with van der Waals surface area (Å²) in [6.45, 7) is 6.79. The molecule has 0 N–H and O–H groups in total. The van der Waals surface area contributed by atoms with Gasteiger partial charge in [-0.25, -0.2) is 9.78 Å². The van der Waals surface area contributed by atoms with Crippen LogP contribution >= 0.6 is 11.6 Å². The lowest BCUT2D eigenvalue weighted by Crippen LogP contribution is -2.35. The molecule has 0 bridgehead atoms. The Morgan fingerprint density at radius 3 is 2.50 bits per heavy atom. The van der Waals surface area contributed by atoms with Crippen LogP contribution in [0.4, 0.5) is 4.79 Å². The maximum atomic E-state index is 12.5. The van der Waals surface area contributed by atoms with Crippen molar-refractivity contribution in [2.45, 2.75) is 38.8 Å². The van der Waals surface area contributed by atoms with E-state index in [2.05, 4.69) is 21.4 Å². The average molecular weight is 482 g/mol. The zero-order chi connectivity index (χ0) is 24.5. The second kappa shape index (κ2) is 9.47. The van der Waals surface area contributed by atoms with E-state index in [1.54, 1.807) is 31.4 Å². The second-order valence-electron chi connectivity index (χ2n) is 9.17. The summed E-state index contributed by atoms with van der Waals surface area (Å²) in [6.07, 6.45) is 4.19. The van der Waals surface area contributed by atoms with E-state index in [0.29, 0.717) is 29.7 Å². The third-order valence-corrected chi connectivity index (χ3v) is 5.89. The van der Waals surface area contributed by atoms with Gasteiger partial charge in [-0.2, -0.15) is 0 Å². The highest BCUT2D eigenvalue weighted by Crippen LogP contribution is 2.33. The van der Waals surface area contributed by atoms with Crippen molar-refractivity contribution in [3.05, 3.63) is 52.9 Å². The number of hydrogen-bond acceptors (Lipinski definition) is 5. The number of amides is 1. The molecular formula is C26H28ClN3O4. The molecule has 0 saturated carbocycles. The van der Waals surface area contributed by atoms with E-state index in [0.717, 1.165) is 28.5 Å². The third-order valence-electron chi connectivity index (χ3n) is 5.60. The van der Waals surface area contributed by atoms with Crippen molar-refractivity contribution in [3.63, 3.8) is 0 Å². The standard InChI is InChI=1S/C26H28ClN3O4/c1-26(2,3)34-25(31)29-11-9-19(16-29)30-15-18(23-22(30)8-10-28-24(23)27)7-6-17-12-20(32-4)14-21(13-17)33-5/h8,10,12-15,19H,9,11,16H2,1-5H3. The fourth-order valence-electron chi connectivity index (χ4n) is 4.04. The largest absolute Gasteiger partial charge is 0.497 e. The summed E-state index contributed by atoms with van der Waals surface area (Å²) in [6, 6.07) is 7.51. The Balaban J connectivity index is 1.67.